The number of anilines is 1. The lowest BCUT2D eigenvalue weighted by Gasteiger charge is -2.41. The summed E-state index contributed by atoms with van der Waals surface area (Å²) in [5.74, 6) is 0.922. The fourth-order valence-electron chi connectivity index (χ4n) is 3.17. The van der Waals surface area contributed by atoms with Gasteiger partial charge in [0, 0.05) is 31.4 Å². The van der Waals surface area contributed by atoms with E-state index >= 15 is 0 Å². The molecule has 0 bridgehead atoms. The van der Waals surface area contributed by atoms with Crippen molar-refractivity contribution in [2.24, 2.45) is 5.92 Å². The summed E-state index contributed by atoms with van der Waals surface area (Å²) in [7, 11) is 0. The molecule has 1 heterocycles. The van der Waals surface area contributed by atoms with Gasteiger partial charge in [0.15, 0.2) is 0 Å². The lowest BCUT2D eigenvalue weighted by molar-refractivity contribution is 0.180. The summed E-state index contributed by atoms with van der Waals surface area (Å²) >= 11 is 0. The van der Waals surface area contributed by atoms with Crippen LogP contribution in [-0.4, -0.2) is 37.1 Å². The molecule has 1 aliphatic rings. The summed E-state index contributed by atoms with van der Waals surface area (Å²) < 4.78 is 14.2. The summed E-state index contributed by atoms with van der Waals surface area (Å²) in [6.45, 7) is 15.1. The summed E-state index contributed by atoms with van der Waals surface area (Å²) in [5, 5.41) is 0. The van der Waals surface area contributed by atoms with E-state index in [1.165, 1.54) is 13.0 Å². The van der Waals surface area contributed by atoms with Crippen LogP contribution in [0.4, 0.5) is 10.1 Å². The summed E-state index contributed by atoms with van der Waals surface area (Å²) in [6, 6.07) is 6.27. The summed E-state index contributed by atoms with van der Waals surface area (Å²) in [5.41, 5.74) is 1.84. The molecule has 2 nitrogen and oxygen atoms in total. The van der Waals surface area contributed by atoms with Gasteiger partial charge in [-0.25, -0.2) is 4.39 Å². The van der Waals surface area contributed by atoms with Crippen molar-refractivity contribution in [1.82, 2.24) is 4.90 Å². The Hall–Kier alpha value is -1.09. The lowest BCUT2D eigenvalue weighted by atomic mass is 10.0. The van der Waals surface area contributed by atoms with E-state index in [-0.39, 0.29) is 11.7 Å². The molecular weight excluding hydrogens is 275 g/mol. The first kappa shape index (κ1) is 17.3. The van der Waals surface area contributed by atoms with Crippen LogP contribution in [0, 0.1) is 11.7 Å². The first-order valence-corrected chi connectivity index (χ1v) is 8.67. The van der Waals surface area contributed by atoms with Gasteiger partial charge in [0.2, 0.25) is 0 Å². The molecule has 1 saturated heterocycles. The van der Waals surface area contributed by atoms with E-state index in [2.05, 4.69) is 36.6 Å². The zero-order valence-electron chi connectivity index (χ0n) is 14.8. The Morgan fingerprint density at radius 1 is 1.18 bits per heavy atom. The van der Waals surface area contributed by atoms with Crippen molar-refractivity contribution in [3.63, 3.8) is 0 Å². The van der Waals surface area contributed by atoms with Crippen LogP contribution in [-0.2, 0) is 0 Å². The molecule has 0 radical (unpaired) electrons. The van der Waals surface area contributed by atoms with Crippen LogP contribution in [0.5, 0.6) is 0 Å². The Kier molecular flexibility index (Phi) is 5.85. The summed E-state index contributed by atoms with van der Waals surface area (Å²) in [6.07, 6.45) is 1.25. The SMILES string of the molecule is CC(C)CCN1CCN(c2ccc(C(C)C)c(F)c2)C[C@@H]1C. The first-order chi connectivity index (χ1) is 10.4. The number of nitrogens with zero attached hydrogens (tertiary/aromatic N) is 2. The number of benzene rings is 1. The summed E-state index contributed by atoms with van der Waals surface area (Å²) in [4.78, 5) is 4.89. The van der Waals surface area contributed by atoms with E-state index in [9.17, 15) is 4.39 Å². The third-order valence-electron chi connectivity index (χ3n) is 4.73. The highest BCUT2D eigenvalue weighted by Gasteiger charge is 2.24. The highest BCUT2D eigenvalue weighted by Crippen LogP contribution is 2.25. The molecule has 1 aliphatic heterocycles. The van der Waals surface area contributed by atoms with Crippen LogP contribution in [0.15, 0.2) is 18.2 Å². The predicted molar refractivity (Wildman–Crippen MR) is 93.2 cm³/mol. The lowest BCUT2D eigenvalue weighted by Crippen LogP contribution is -2.52. The Bertz CT molecular complexity index is 484. The molecule has 0 saturated carbocycles. The van der Waals surface area contributed by atoms with Gasteiger partial charge in [-0.2, -0.15) is 0 Å². The molecule has 3 heteroatoms. The molecule has 0 unspecified atom stereocenters. The number of rotatable bonds is 5. The van der Waals surface area contributed by atoms with Crippen molar-refractivity contribution in [2.45, 2.75) is 53.0 Å². The van der Waals surface area contributed by atoms with Crippen molar-refractivity contribution in [1.29, 1.82) is 0 Å². The van der Waals surface area contributed by atoms with E-state index in [0.717, 1.165) is 36.8 Å². The van der Waals surface area contributed by atoms with Gasteiger partial charge in [0.25, 0.3) is 0 Å². The maximum Gasteiger partial charge on any atom is 0.128 e. The van der Waals surface area contributed by atoms with Gasteiger partial charge in [0.05, 0.1) is 0 Å². The van der Waals surface area contributed by atoms with Crippen LogP contribution in [0.25, 0.3) is 0 Å². The van der Waals surface area contributed by atoms with Crippen LogP contribution in [0.3, 0.4) is 0 Å². The highest BCUT2D eigenvalue weighted by atomic mass is 19.1. The van der Waals surface area contributed by atoms with Crippen LogP contribution >= 0.6 is 0 Å². The second-order valence-corrected chi connectivity index (χ2v) is 7.37. The number of halogens is 1. The quantitative estimate of drug-likeness (QED) is 0.790. The van der Waals surface area contributed by atoms with Gasteiger partial charge in [-0.05, 0) is 49.4 Å². The Labute approximate surface area is 135 Å². The van der Waals surface area contributed by atoms with E-state index in [1.54, 1.807) is 6.07 Å². The minimum atomic E-state index is -0.0672. The molecule has 124 valence electrons. The van der Waals surface area contributed by atoms with Crippen LogP contribution < -0.4 is 4.90 Å². The standard InChI is InChI=1S/C19H31FN2/c1-14(2)8-9-21-10-11-22(13-16(21)5)17-6-7-18(15(3)4)19(20)12-17/h6-7,12,14-16H,8-11,13H2,1-5H3/t16-/m0/s1. The van der Waals surface area contributed by atoms with Gasteiger partial charge in [-0.1, -0.05) is 33.8 Å². The van der Waals surface area contributed by atoms with Crippen molar-refractivity contribution in [3.05, 3.63) is 29.6 Å². The van der Waals surface area contributed by atoms with E-state index in [0.29, 0.717) is 6.04 Å². The normalized spacial score (nSPS) is 20.2. The molecule has 1 fully saturated rings. The monoisotopic (exact) mass is 306 g/mol. The molecule has 1 aromatic carbocycles. The molecule has 1 atom stereocenters. The van der Waals surface area contributed by atoms with Crippen LogP contribution in [0.1, 0.15) is 52.5 Å². The number of piperazine rings is 1. The van der Waals surface area contributed by atoms with Crippen molar-refractivity contribution in [2.75, 3.05) is 31.1 Å². The Balaban J connectivity index is 1.99. The number of hydrogen-bond acceptors (Lipinski definition) is 2. The Morgan fingerprint density at radius 3 is 2.45 bits per heavy atom. The second kappa shape index (κ2) is 7.45. The Morgan fingerprint density at radius 2 is 1.91 bits per heavy atom. The number of hydrogen-bond donors (Lipinski definition) is 0. The average molecular weight is 306 g/mol. The minimum absolute atomic E-state index is 0.0672. The molecule has 0 amide bonds. The zero-order chi connectivity index (χ0) is 16.3. The average Bonchev–Trinajstić information content (AvgIpc) is 2.45. The minimum Gasteiger partial charge on any atom is -0.369 e. The first-order valence-electron chi connectivity index (χ1n) is 8.67. The van der Waals surface area contributed by atoms with Gasteiger partial charge in [0.1, 0.15) is 5.82 Å². The zero-order valence-corrected chi connectivity index (χ0v) is 14.8. The fourth-order valence-corrected chi connectivity index (χ4v) is 3.17. The molecular formula is C19H31FN2. The van der Waals surface area contributed by atoms with Gasteiger partial charge >= 0.3 is 0 Å². The van der Waals surface area contributed by atoms with Crippen molar-refractivity contribution in [3.8, 4) is 0 Å². The highest BCUT2D eigenvalue weighted by molar-refractivity contribution is 5.49. The van der Waals surface area contributed by atoms with E-state index in [4.69, 9.17) is 0 Å². The third-order valence-corrected chi connectivity index (χ3v) is 4.73. The van der Waals surface area contributed by atoms with Crippen LogP contribution in [0.2, 0.25) is 0 Å². The maximum atomic E-state index is 14.2. The predicted octanol–water partition coefficient (Wildman–Crippen LogP) is 4.51. The van der Waals surface area contributed by atoms with Gasteiger partial charge < -0.3 is 4.90 Å². The molecule has 0 spiro atoms. The fraction of sp³-hybridized carbons (Fsp3) is 0.684. The molecule has 0 aliphatic carbocycles. The molecule has 0 N–H and O–H groups in total. The molecule has 0 aromatic heterocycles. The second-order valence-electron chi connectivity index (χ2n) is 7.37. The maximum absolute atomic E-state index is 14.2. The topological polar surface area (TPSA) is 6.48 Å². The van der Waals surface area contributed by atoms with Crippen molar-refractivity contribution < 1.29 is 4.39 Å². The van der Waals surface area contributed by atoms with E-state index < -0.39 is 0 Å². The van der Waals surface area contributed by atoms with Crippen molar-refractivity contribution >= 4 is 5.69 Å². The smallest absolute Gasteiger partial charge is 0.128 e. The van der Waals surface area contributed by atoms with Gasteiger partial charge in [-0.15, -0.1) is 0 Å². The molecule has 22 heavy (non-hydrogen) atoms. The third kappa shape index (κ3) is 4.22. The van der Waals surface area contributed by atoms with E-state index in [1.807, 2.05) is 19.9 Å². The largest absolute Gasteiger partial charge is 0.369 e. The van der Waals surface area contributed by atoms with Gasteiger partial charge in [-0.3, -0.25) is 4.90 Å². The molecule has 1 aromatic rings. The molecule has 2 rings (SSSR count).